The smallest absolute Gasteiger partial charge is 0.253 e. The molecule has 0 fully saturated rings. The molecule has 20 heavy (non-hydrogen) atoms. The lowest BCUT2D eigenvalue weighted by atomic mass is 10.1. The fraction of sp³-hybridized carbons (Fsp3) is 0.429. The molecular formula is C14H20N2O4. The highest BCUT2D eigenvalue weighted by Crippen LogP contribution is 2.14. The number of rotatable bonds is 8. The number of anilines is 1. The van der Waals surface area contributed by atoms with E-state index in [1.807, 2.05) is 0 Å². The Labute approximate surface area is 118 Å². The lowest BCUT2D eigenvalue weighted by Crippen LogP contribution is -2.27. The molecule has 0 aromatic heterocycles. The van der Waals surface area contributed by atoms with Gasteiger partial charge in [0, 0.05) is 27.4 Å². The number of hydrogen-bond acceptors (Lipinski definition) is 4. The predicted molar refractivity (Wildman–Crippen MR) is 75.8 cm³/mol. The zero-order chi connectivity index (χ0) is 14.8. The molecule has 0 unspecified atom stereocenters. The fourth-order valence-electron chi connectivity index (χ4n) is 1.62. The van der Waals surface area contributed by atoms with Gasteiger partial charge in [-0.3, -0.25) is 9.59 Å². The van der Waals surface area contributed by atoms with E-state index in [2.05, 4.69) is 10.6 Å². The Morgan fingerprint density at radius 1 is 1.15 bits per heavy atom. The van der Waals surface area contributed by atoms with Gasteiger partial charge in [0.2, 0.25) is 5.91 Å². The average molecular weight is 280 g/mol. The number of methoxy groups -OCH3 is 2. The van der Waals surface area contributed by atoms with Crippen molar-refractivity contribution in [3.05, 3.63) is 29.8 Å². The van der Waals surface area contributed by atoms with Crippen LogP contribution in [0.15, 0.2) is 24.3 Å². The molecule has 0 aliphatic rings. The lowest BCUT2D eigenvalue weighted by molar-refractivity contribution is -0.119. The van der Waals surface area contributed by atoms with Gasteiger partial charge >= 0.3 is 0 Å². The minimum absolute atomic E-state index is 0.0518. The maximum atomic E-state index is 12.0. The van der Waals surface area contributed by atoms with Crippen molar-refractivity contribution in [2.45, 2.75) is 6.42 Å². The Morgan fingerprint density at radius 3 is 2.60 bits per heavy atom. The lowest BCUT2D eigenvalue weighted by Gasteiger charge is -2.11. The molecule has 2 amide bonds. The maximum Gasteiger partial charge on any atom is 0.253 e. The molecule has 6 heteroatoms. The van der Waals surface area contributed by atoms with Gasteiger partial charge in [-0.1, -0.05) is 12.1 Å². The van der Waals surface area contributed by atoms with E-state index in [-0.39, 0.29) is 18.4 Å². The van der Waals surface area contributed by atoms with Crippen LogP contribution in [0.1, 0.15) is 16.8 Å². The quantitative estimate of drug-likeness (QED) is 0.698. The monoisotopic (exact) mass is 280 g/mol. The van der Waals surface area contributed by atoms with Gasteiger partial charge in [-0.2, -0.15) is 0 Å². The molecule has 0 spiro atoms. The molecule has 0 saturated heterocycles. The number of benzene rings is 1. The van der Waals surface area contributed by atoms with Crippen LogP contribution in [0.2, 0.25) is 0 Å². The minimum Gasteiger partial charge on any atom is -0.385 e. The van der Waals surface area contributed by atoms with E-state index in [9.17, 15) is 9.59 Å². The van der Waals surface area contributed by atoms with Crippen molar-refractivity contribution in [2.75, 3.05) is 39.3 Å². The van der Waals surface area contributed by atoms with Gasteiger partial charge in [0.15, 0.2) is 0 Å². The highest BCUT2D eigenvalue weighted by atomic mass is 16.5. The first kappa shape index (κ1) is 16.1. The summed E-state index contributed by atoms with van der Waals surface area (Å²) in [4.78, 5) is 23.5. The summed E-state index contributed by atoms with van der Waals surface area (Å²) < 4.78 is 9.65. The second kappa shape index (κ2) is 9.06. The highest BCUT2D eigenvalue weighted by Gasteiger charge is 2.12. The van der Waals surface area contributed by atoms with E-state index in [1.54, 1.807) is 31.4 Å². The van der Waals surface area contributed by atoms with Crippen molar-refractivity contribution in [1.29, 1.82) is 0 Å². The van der Waals surface area contributed by atoms with Crippen molar-refractivity contribution >= 4 is 17.5 Å². The van der Waals surface area contributed by atoms with Gasteiger partial charge in [-0.05, 0) is 18.6 Å². The third-order valence-electron chi connectivity index (χ3n) is 2.53. The van der Waals surface area contributed by atoms with Crippen molar-refractivity contribution < 1.29 is 19.1 Å². The summed E-state index contributed by atoms with van der Waals surface area (Å²) >= 11 is 0. The number of carbonyl (C=O) groups is 2. The summed E-state index contributed by atoms with van der Waals surface area (Å²) in [7, 11) is 3.05. The minimum atomic E-state index is -0.299. The first-order valence-corrected chi connectivity index (χ1v) is 6.34. The Morgan fingerprint density at radius 2 is 1.90 bits per heavy atom. The predicted octanol–water partition coefficient (Wildman–Crippen LogP) is 1.04. The summed E-state index contributed by atoms with van der Waals surface area (Å²) in [5, 5.41) is 5.42. The maximum absolute atomic E-state index is 12.0. The molecule has 0 heterocycles. The molecule has 0 saturated carbocycles. The number of hydrogen-bond donors (Lipinski definition) is 2. The molecule has 1 aromatic rings. The molecule has 0 atom stereocenters. The van der Waals surface area contributed by atoms with Crippen LogP contribution in [0.4, 0.5) is 5.69 Å². The van der Waals surface area contributed by atoms with Crippen LogP contribution < -0.4 is 10.6 Å². The molecule has 0 radical (unpaired) electrons. The number of nitrogens with one attached hydrogen (secondary N) is 2. The summed E-state index contributed by atoms with van der Waals surface area (Å²) in [6.45, 7) is 1.06. The van der Waals surface area contributed by atoms with Gasteiger partial charge in [-0.15, -0.1) is 0 Å². The zero-order valence-electron chi connectivity index (χ0n) is 11.8. The number of carbonyl (C=O) groups excluding carboxylic acids is 2. The molecule has 6 nitrogen and oxygen atoms in total. The van der Waals surface area contributed by atoms with E-state index in [0.717, 1.165) is 6.42 Å². The Hall–Kier alpha value is -1.92. The first-order valence-electron chi connectivity index (χ1n) is 6.34. The van der Waals surface area contributed by atoms with Crippen LogP contribution in [0.25, 0.3) is 0 Å². The third kappa shape index (κ3) is 5.38. The number of amides is 2. The van der Waals surface area contributed by atoms with Crippen LogP contribution in [0.5, 0.6) is 0 Å². The molecule has 1 rings (SSSR count). The van der Waals surface area contributed by atoms with Crippen LogP contribution in [0, 0.1) is 0 Å². The van der Waals surface area contributed by atoms with E-state index in [0.29, 0.717) is 24.4 Å². The number of para-hydroxylation sites is 1. The van der Waals surface area contributed by atoms with Gasteiger partial charge in [0.25, 0.3) is 5.91 Å². The molecule has 0 aliphatic heterocycles. The van der Waals surface area contributed by atoms with Crippen LogP contribution in [0.3, 0.4) is 0 Å². The summed E-state index contributed by atoms with van der Waals surface area (Å²) in [5.74, 6) is -0.526. The normalized spacial score (nSPS) is 10.1. The zero-order valence-corrected chi connectivity index (χ0v) is 11.8. The molecule has 0 aliphatic carbocycles. The van der Waals surface area contributed by atoms with Crippen LogP contribution >= 0.6 is 0 Å². The SMILES string of the molecule is COCCCNC(=O)c1ccccc1NC(=O)COC. The molecule has 1 aromatic carbocycles. The third-order valence-corrected chi connectivity index (χ3v) is 2.53. The topological polar surface area (TPSA) is 76.7 Å². The van der Waals surface area contributed by atoms with E-state index in [1.165, 1.54) is 7.11 Å². The van der Waals surface area contributed by atoms with Gasteiger partial charge < -0.3 is 20.1 Å². The summed E-state index contributed by atoms with van der Waals surface area (Å²) in [5.41, 5.74) is 0.896. The van der Waals surface area contributed by atoms with Crippen molar-refractivity contribution in [2.24, 2.45) is 0 Å². The first-order chi connectivity index (χ1) is 9.69. The molecule has 2 N–H and O–H groups in total. The van der Waals surface area contributed by atoms with Crippen molar-refractivity contribution in [3.8, 4) is 0 Å². The largest absolute Gasteiger partial charge is 0.385 e. The standard InChI is InChI=1S/C14H20N2O4/c1-19-9-5-8-15-14(18)11-6-3-4-7-12(11)16-13(17)10-20-2/h3-4,6-7H,5,8-10H2,1-2H3,(H,15,18)(H,16,17). The van der Waals surface area contributed by atoms with Gasteiger partial charge in [0.1, 0.15) is 6.61 Å². The number of ether oxygens (including phenoxy) is 2. The average Bonchev–Trinajstić information content (AvgIpc) is 2.44. The second-order valence-electron chi connectivity index (χ2n) is 4.13. The second-order valence-corrected chi connectivity index (χ2v) is 4.13. The molecule has 110 valence electrons. The Bertz CT molecular complexity index is 449. The molecular weight excluding hydrogens is 260 g/mol. The summed E-state index contributed by atoms with van der Waals surface area (Å²) in [6.07, 6.45) is 0.737. The summed E-state index contributed by atoms with van der Waals surface area (Å²) in [6, 6.07) is 6.84. The highest BCUT2D eigenvalue weighted by molar-refractivity contribution is 6.03. The van der Waals surface area contributed by atoms with E-state index < -0.39 is 0 Å². The van der Waals surface area contributed by atoms with Crippen molar-refractivity contribution in [1.82, 2.24) is 5.32 Å². The Kier molecular flexibility index (Phi) is 7.31. The molecule has 0 bridgehead atoms. The fourth-order valence-corrected chi connectivity index (χ4v) is 1.62. The Balaban J connectivity index is 2.64. The van der Waals surface area contributed by atoms with Gasteiger partial charge in [-0.25, -0.2) is 0 Å². The van der Waals surface area contributed by atoms with Crippen molar-refractivity contribution in [3.63, 3.8) is 0 Å². The van der Waals surface area contributed by atoms with Gasteiger partial charge in [0.05, 0.1) is 11.3 Å². The van der Waals surface area contributed by atoms with E-state index >= 15 is 0 Å². The van der Waals surface area contributed by atoms with Crippen LogP contribution in [-0.4, -0.2) is 45.8 Å². The van der Waals surface area contributed by atoms with Crippen LogP contribution in [-0.2, 0) is 14.3 Å². The van der Waals surface area contributed by atoms with E-state index in [4.69, 9.17) is 9.47 Å².